The van der Waals surface area contributed by atoms with Crippen LogP contribution in [-0.2, 0) is 9.59 Å². The first-order chi connectivity index (χ1) is 9.97. The molecule has 1 fully saturated rings. The molecule has 1 aromatic rings. The van der Waals surface area contributed by atoms with Gasteiger partial charge in [-0.2, -0.15) is 0 Å². The van der Waals surface area contributed by atoms with Crippen LogP contribution in [0.4, 0.5) is 4.39 Å². The third kappa shape index (κ3) is 4.14. The predicted molar refractivity (Wildman–Crippen MR) is 81.6 cm³/mol. The van der Waals surface area contributed by atoms with Gasteiger partial charge in [0.1, 0.15) is 5.82 Å². The summed E-state index contributed by atoms with van der Waals surface area (Å²) in [7, 11) is 0. The zero-order chi connectivity index (χ0) is 15.4. The third-order valence-corrected chi connectivity index (χ3v) is 3.99. The van der Waals surface area contributed by atoms with E-state index in [4.69, 9.17) is 5.73 Å². The summed E-state index contributed by atoms with van der Waals surface area (Å²) in [6.07, 6.45) is 4.23. The number of likely N-dealkylation sites (tertiary alicyclic amines) is 1. The molecule has 6 heteroatoms. The molecular formula is C15H16BrFN2O2. The number of amides is 2. The molecule has 0 saturated carbocycles. The van der Waals surface area contributed by atoms with Gasteiger partial charge in [-0.15, -0.1) is 0 Å². The zero-order valence-corrected chi connectivity index (χ0v) is 13.0. The van der Waals surface area contributed by atoms with Crippen LogP contribution in [0.2, 0.25) is 0 Å². The largest absolute Gasteiger partial charge is 0.369 e. The molecular weight excluding hydrogens is 339 g/mol. The number of benzene rings is 1. The first-order valence-electron chi connectivity index (χ1n) is 6.68. The van der Waals surface area contributed by atoms with Crippen molar-refractivity contribution in [3.63, 3.8) is 0 Å². The molecule has 0 radical (unpaired) electrons. The number of hydrogen-bond donors (Lipinski definition) is 1. The molecule has 112 valence electrons. The lowest BCUT2D eigenvalue weighted by Crippen LogP contribution is -2.43. The maximum absolute atomic E-state index is 13.6. The topological polar surface area (TPSA) is 63.4 Å². The fourth-order valence-electron chi connectivity index (χ4n) is 2.32. The Bertz CT molecular complexity index is 589. The number of halogens is 2. The van der Waals surface area contributed by atoms with E-state index in [9.17, 15) is 14.0 Å². The molecule has 0 aromatic heterocycles. The highest BCUT2D eigenvalue weighted by molar-refractivity contribution is 9.10. The molecule has 1 aliphatic rings. The molecule has 1 aliphatic heterocycles. The SMILES string of the molecule is NC(=O)C1CCCN(C(=O)/C=C/c2cc(Br)ccc2F)C1. The molecule has 0 spiro atoms. The Morgan fingerprint density at radius 1 is 1.43 bits per heavy atom. The molecule has 1 heterocycles. The van der Waals surface area contributed by atoms with Gasteiger partial charge in [-0.25, -0.2) is 4.39 Å². The maximum Gasteiger partial charge on any atom is 0.246 e. The summed E-state index contributed by atoms with van der Waals surface area (Å²) < 4.78 is 14.3. The summed E-state index contributed by atoms with van der Waals surface area (Å²) in [5, 5.41) is 0. The molecule has 2 rings (SSSR count). The standard InChI is InChI=1S/C15H16BrFN2O2/c16-12-4-5-13(17)10(8-12)3-6-14(20)19-7-1-2-11(9-19)15(18)21/h3-6,8,11H,1-2,7,9H2,(H2,18,21)/b6-3+. The predicted octanol–water partition coefficient (Wildman–Crippen LogP) is 2.33. The van der Waals surface area contributed by atoms with Crippen LogP contribution >= 0.6 is 15.9 Å². The van der Waals surface area contributed by atoms with Crippen molar-refractivity contribution in [3.05, 3.63) is 40.1 Å². The van der Waals surface area contributed by atoms with E-state index in [2.05, 4.69) is 15.9 Å². The maximum atomic E-state index is 13.6. The van der Waals surface area contributed by atoms with E-state index < -0.39 is 5.82 Å². The van der Waals surface area contributed by atoms with E-state index in [-0.39, 0.29) is 17.7 Å². The fraction of sp³-hybridized carbons (Fsp3) is 0.333. The average molecular weight is 355 g/mol. The molecule has 0 bridgehead atoms. The van der Waals surface area contributed by atoms with Crippen LogP contribution in [0, 0.1) is 11.7 Å². The van der Waals surface area contributed by atoms with Crippen molar-refractivity contribution in [1.29, 1.82) is 0 Å². The van der Waals surface area contributed by atoms with Gasteiger partial charge < -0.3 is 10.6 Å². The van der Waals surface area contributed by atoms with E-state index in [0.29, 0.717) is 25.1 Å². The van der Waals surface area contributed by atoms with Crippen molar-refractivity contribution in [2.75, 3.05) is 13.1 Å². The van der Waals surface area contributed by atoms with Crippen molar-refractivity contribution in [3.8, 4) is 0 Å². The fourth-order valence-corrected chi connectivity index (χ4v) is 2.70. The quantitative estimate of drug-likeness (QED) is 0.846. The van der Waals surface area contributed by atoms with Gasteiger partial charge in [0.25, 0.3) is 0 Å². The second kappa shape index (κ2) is 6.85. The van der Waals surface area contributed by atoms with E-state index in [1.165, 1.54) is 18.2 Å². The summed E-state index contributed by atoms with van der Waals surface area (Å²) >= 11 is 3.26. The van der Waals surface area contributed by atoms with Crippen LogP contribution in [0.15, 0.2) is 28.7 Å². The molecule has 1 unspecified atom stereocenters. The van der Waals surface area contributed by atoms with Crippen molar-refractivity contribution in [1.82, 2.24) is 4.90 Å². The number of rotatable bonds is 3. The second-order valence-corrected chi connectivity index (χ2v) is 5.94. The number of nitrogens with zero attached hydrogens (tertiary/aromatic N) is 1. The molecule has 1 saturated heterocycles. The molecule has 2 amide bonds. The molecule has 0 aliphatic carbocycles. The van der Waals surface area contributed by atoms with Gasteiger partial charge in [0.2, 0.25) is 11.8 Å². The Hall–Kier alpha value is -1.69. The van der Waals surface area contributed by atoms with Crippen LogP contribution in [0.1, 0.15) is 18.4 Å². The Kier molecular flexibility index (Phi) is 5.12. The number of carbonyl (C=O) groups is 2. The normalized spacial score (nSPS) is 19.0. The highest BCUT2D eigenvalue weighted by Crippen LogP contribution is 2.18. The van der Waals surface area contributed by atoms with Gasteiger partial charge in [0.05, 0.1) is 5.92 Å². The molecule has 2 N–H and O–H groups in total. The summed E-state index contributed by atoms with van der Waals surface area (Å²) in [5.74, 6) is -1.30. The van der Waals surface area contributed by atoms with Gasteiger partial charge in [0, 0.05) is 29.2 Å². The van der Waals surface area contributed by atoms with E-state index in [1.807, 2.05) is 0 Å². The van der Waals surface area contributed by atoms with Gasteiger partial charge >= 0.3 is 0 Å². The number of hydrogen-bond acceptors (Lipinski definition) is 2. The molecule has 1 aromatic carbocycles. The zero-order valence-electron chi connectivity index (χ0n) is 11.4. The molecule has 21 heavy (non-hydrogen) atoms. The van der Waals surface area contributed by atoms with Crippen LogP contribution in [-0.4, -0.2) is 29.8 Å². The Morgan fingerprint density at radius 3 is 2.90 bits per heavy atom. The summed E-state index contributed by atoms with van der Waals surface area (Å²) in [6, 6.07) is 4.52. The highest BCUT2D eigenvalue weighted by atomic mass is 79.9. The molecule has 1 atom stereocenters. The van der Waals surface area contributed by atoms with Crippen molar-refractivity contribution in [2.45, 2.75) is 12.8 Å². The minimum Gasteiger partial charge on any atom is -0.369 e. The van der Waals surface area contributed by atoms with Gasteiger partial charge in [-0.1, -0.05) is 15.9 Å². The lowest BCUT2D eigenvalue weighted by molar-refractivity contribution is -0.130. The molecule has 4 nitrogen and oxygen atoms in total. The van der Waals surface area contributed by atoms with E-state index in [1.54, 1.807) is 17.0 Å². The van der Waals surface area contributed by atoms with Crippen LogP contribution in [0.25, 0.3) is 6.08 Å². The number of nitrogens with two attached hydrogens (primary N) is 1. The van der Waals surface area contributed by atoms with Crippen molar-refractivity contribution < 1.29 is 14.0 Å². The van der Waals surface area contributed by atoms with Crippen molar-refractivity contribution in [2.24, 2.45) is 11.7 Å². The third-order valence-electron chi connectivity index (χ3n) is 3.50. The van der Waals surface area contributed by atoms with Crippen LogP contribution in [0.3, 0.4) is 0 Å². The smallest absolute Gasteiger partial charge is 0.246 e. The van der Waals surface area contributed by atoms with E-state index in [0.717, 1.165) is 10.9 Å². The van der Waals surface area contributed by atoms with Gasteiger partial charge in [-0.3, -0.25) is 9.59 Å². The lowest BCUT2D eigenvalue weighted by atomic mass is 9.97. The minimum absolute atomic E-state index is 0.236. The lowest BCUT2D eigenvalue weighted by Gasteiger charge is -2.30. The number of piperidine rings is 1. The van der Waals surface area contributed by atoms with Gasteiger partial charge in [-0.05, 0) is 37.1 Å². The summed E-state index contributed by atoms with van der Waals surface area (Å²) in [4.78, 5) is 24.9. The first-order valence-corrected chi connectivity index (χ1v) is 7.48. The number of carbonyl (C=O) groups excluding carboxylic acids is 2. The monoisotopic (exact) mass is 354 g/mol. The van der Waals surface area contributed by atoms with Crippen LogP contribution < -0.4 is 5.73 Å². The Labute approximate surface area is 130 Å². The minimum atomic E-state index is -0.393. The Balaban J connectivity index is 2.05. The Morgan fingerprint density at radius 2 is 2.19 bits per heavy atom. The van der Waals surface area contributed by atoms with E-state index >= 15 is 0 Å². The first kappa shape index (κ1) is 15.7. The van der Waals surface area contributed by atoms with Gasteiger partial charge in [0.15, 0.2) is 0 Å². The number of primary amides is 1. The second-order valence-electron chi connectivity index (χ2n) is 5.02. The summed E-state index contributed by atoms with van der Waals surface area (Å²) in [6.45, 7) is 0.924. The van der Waals surface area contributed by atoms with Crippen molar-refractivity contribution >= 4 is 33.8 Å². The average Bonchev–Trinajstić information content (AvgIpc) is 2.48. The highest BCUT2D eigenvalue weighted by Gasteiger charge is 2.25. The summed E-state index contributed by atoms with van der Waals surface area (Å²) in [5.41, 5.74) is 5.62. The van der Waals surface area contributed by atoms with Crippen LogP contribution in [0.5, 0.6) is 0 Å².